The minimum Gasteiger partial charge on any atom is -0.478 e. The van der Waals surface area contributed by atoms with Gasteiger partial charge in [0.15, 0.2) is 0 Å². The molecule has 0 aliphatic heterocycles. The largest absolute Gasteiger partial charge is 0.478 e. The molecule has 0 saturated carbocycles. The van der Waals surface area contributed by atoms with Crippen LogP contribution in [0.1, 0.15) is 21.5 Å². The Morgan fingerprint density at radius 1 is 1.32 bits per heavy atom. The molecule has 4 nitrogen and oxygen atoms in total. The number of carboxylic acids is 1. The molecule has 0 spiro atoms. The summed E-state index contributed by atoms with van der Waals surface area (Å²) in [6.45, 7) is 2.52. The zero-order valence-electron chi connectivity index (χ0n) is 11.0. The predicted octanol–water partition coefficient (Wildman–Crippen LogP) is 2.72. The Morgan fingerprint density at radius 2 is 2.00 bits per heavy atom. The Hall–Kier alpha value is -2.36. The Balaban J connectivity index is 2.18. The second kappa shape index (κ2) is 5.52. The Bertz CT molecular complexity index is 582. The molecule has 0 fully saturated rings. The van der Waals surface area contributed by atoms with E-state index in [1.807, 2.05) is 30.1 Å². The van der Waals surface area contributed by atoms with Crippen molar-refractivity contribution >= 4 is 11.8 Å². The minimum atomic E-state index is -0.942. The monoisotopic (exact) mass is 256 g/mol. The number of nitrogens with zero attached hydrogens (tertiary/aromatic N) is 2. The van der Waals surface area contributed by atoms with Crippen molar-refractivity contribution in [3.63, 3.8) is 0 Å². The highest BCUT2D eigenvalue weighted by atomic mass is 16.4. The summed E-state index contributed by atoms with van der Waals surface area (Å²) in [5.41, 5.74) is 2.15. The van der Waals surface area contributed by atoms with Gasteiger partial charge in [-0.05, 0) is 24.1 Å². The third kappa shape index (κ3) is 3.10. The first-order valence-electron chi connectivity index (χ1n) is 6.03. The molecule has 4 heteroatoms. The number of pyridine rings is 1. The van der Waals surface area contributed by atoms with Gasteiger partial charge in [0.25, 0.3) is 0 Å². The van der Waals surface area contributed by atoms with Gasteiger partial charge in [0.05, 0.1) is 5.56 Å². The van der Waals surface area contributed by atoms with Crippen molar-refractivity contribution in [2.75, 3.05) is 11.9 Å². The normalized spacial score (nSPS) is 10.2. The molecule has 98 valence electrons. The molecule has 0 unspecified atom stereocenters. The van der Waals surface area contributed by atoms with E-state index in [1.54, 1.807) is 13.0 Å². The third-order valence-corrected chi connectivity index (χ3v) is 2.98. The number of anilines is 1. The van der Waals surface area contributed by atoms with Crippen LogP contribution in [-0.4, -0.2) is 23.1 Å². The van der Waals surface area contributed by atoms with Crippen LogP contribution in [0.2, 0.25) is 0 Å². The lowest BCUT2D eigenvalue weighted by Gasteiger charge is -2.19. The molecule has 1 N–H and O–H groups in total. The van der Waals surface area contributed by atoms with Crippen LogP contribution < -0.4 is 4.90 Å². The van der Waals surface area contributed by atoms with Crippen LogP contribution in [0.15, 0.2) is 42.6 Å². The SMILES string of the molecule is Cc1cc(N(C)Cc2ccccc2)ncc1C(=O)O. The fourth-order valence-electron chi connectivity index (χ4n) is 1.91. The number of hydrogen-bond donors (Lipinski definition) is 1. The maximum atomic E-state index is 10.9. The predicted molar refractivity (Wildman–Crippen MR) is 74.5 cm³/mol. The second-order valence-electron chi connectivity index (χ2n) is 4.50. The molecular formula is C15H16N2O2. The number of aryl methyl sites for hydroxylation is 1. The number of aromatic carboxylic acids is 1. The molecule has 1 aromatic heterocycles. The molecule has 0 radical (unpaired) electrons. The fraction of sp³-hybridized carbons (Fsp3) is 0.200. The lowest BCUT2D eigenvalue weighted by Crippen LogP contribution is -2.18. The number of rotatable bonds is 4. The smallest absolute Gasteiger partial charge is 0.337 e. The highest BCUT2D eigenvalue weighted by Crippen LogP contribution is 2.16. The Kier molecular flexibility index (Phi) is 3.80. The van der Waals surface area contributed by atoms with Gasteiger partial charge in [0.1, 0.15) is 5.82 Å². The number of carboxylic acid groups (broad SMARTS) is 1. The van der Waals surface area contributed by atoms with Gasteiger partial charge >= 0.3 is 5.97 Å². The van der Waals surface area contributed by atoms with E-state index < -0.39 is 5.97 Å². The van der Waals surface area contributed by atoms with E-state index in [4.69, 9.17) is 5.11 Å². The topological polar surface area (TPSA) is 53.4 Å². The highest BCUT2D eigenvalue weighted by molar-refractivity contribution is 5.89. The molecule has 19 heavy (non-hydrogen) atoms. The first kappa shape index (κ1) is 13.1. The third-order valence-electron chi connectivity index (χ3n) is 2.98. The van der Waals surface area contributed by atoms with Crippen molar-refractivity contribution in [1.82, 2.24) is 4.98 Å². The summed E-state index contributed by atoms with van der Waals surface area (Å²) < 4.78 is 0. The lowest BCUT2D eigenvalue weighted by molar-refractivity contribution is 0.0695. The van der Waals surface area contributed by atoms with E-state index >= 15 is 0 Å². The van der Waals surface area contributed by atoms with E-state index in [0.717, 1.165) is 17.9 Å². The molecule has 2 aromatic rings. The number of hydrogen-bond acceptors (Lipinski definition) is 3. The van der Waals surface area contributed by atoms with Crippen LogP contribution in [0.4, 0.5) is 5.82 Å². The summed E-state index contributed by atoms with van der Waals surface area (Å²) >= 11 is 0. The zero-order chi connectivity index (χ0) is 13.8. The van der Waals surface area contributed by atoms with Crippen LogP contribution in [0, 0.1) is 6.92 Å². The Morgan fingerprint density at radius 3 is 2.58 bits per heavy atom. The van der Waals surface area contributed by atoms with Crippen molar-refractivity contribution in [1.29, 1.82) is 0 Å². The van der Waals surface area contributed by atoms with Crippen LogP contribution >= 0.6 is 0 Å². The van der Waals surface area contributed by atoms with E-state index in [9.17, 15) is 4.79 Å². The van der Waals surface area contributed by atoms with Gasteiger partial charge in [0, 0.05) is 19.8 Å². The molecule has 0 aliphatic carbocycles. The molecule has 0 atom stereocenters. The van der Waals surface area contributed by atoms with Crippen LogP contribution in [0.3, 0.4) is 0 Å². The molecule has 1 heterocycles. The maximum Gasteiger partial charge on any atom is 0.337 e. The van der Waals surface area contributed by atoms with Gasteiger partial charge in [-0.3, -0.25) is 0 Å². The number of benzene rings is 1. The summed E-state index contributed by atoms with van der Waals surface area (Å²) in [4.78, 5) is 17.1. The van der Waals surface area contributed by atoms with Crippen molar-refractivity contribution in [3.05, 3.63) is 59.3 Å². The lowest BCUT2D eigenvalue weighted by atomic mass is 10.1. The average molecular weight is 256 g/mol. The number of aromatic nitrogens is 1. The van der Waals surface area contributed by atoms with Crippen LogP contribution in [-0.2, 0) is 6.54 Å². The van der Waals surface area contributed by atoms with Gasteiger partial charge in [-0.1, -0.05) is 30.3 Å². The van der Waals surface area contributed by atoms with Crippen molar-refractivity contribution in [2.24, 2.45) is 0 Å². The molecule has 0 aliphatic rings. The van der Waals surface area contributed by atoms with E-state index in [2.05, 4.69) is 17.1 Å². The van der Waals surface area contributed by atoms with E-state index in [-0.39, 0.29) is 5.56 Å². The first-order valence-corrected chi connectivity index (χ1v) is 6.03. The average Bonchev–Trinajstić information content (AvgIpc) is 2.39. The van der Waals surface area contributed by atoms with Gasteiger partial charge in [0.2, 0.25) is 0 Å². The summed E-state index contributed by atoms with van der Waals surface area (Å²) in [6.07, 6.45) is 1.41. The number of carbonyl (C=O) groups is 1. The Labute approximate surface area is 112 Å². The molecular weight excluding hydrogens is 240 g/mol. The van der Waals surface area contributed by atoms with Gasteiger partial charge in [-0.2, -0.15) is 0 Å². The second-order valence-corrected chi connectivity index (χ2v) is 4.50. The molecule has 0 bridgehead atoms. The van der Waals surface area contributed by atoms with E-state index in [1.165, 1.54) is 11.8 Å². The van der Waals surface area contributed by atoms with Gasteiger partial charge in [-0.25, -0.2) is 9.78 Å². The van der Waals surface area contributed by atoms with Crippen molar-refractivity contribution in [3.8, 4) is 0 Å². The maximum absolute atomic E-state index is 10.9. The summed E-state index contributed by atoms with van der Waals surface area (Å²) in [6, 6.07) is 11.9. The van der Waals surface area contributed by atoms with Crippen molar-refractivity contribution in [2.45, 2.75) is 13.5 Å². The standard InChI is InChI=1S/C15H16N2O2/c1-11-8-14(16-9-13(11)15(18)19)17(2)10-12-6-4-3-5-7-12/h3-9H,10H2,1-2H3,(H,18,19). The highest BCUT2D eigenvalue weighted by Gasteiger charge is 2.10. The molecule has 0 amide bonds. The summed E-state index contributed by atoms with van der Waals surface area (Å²) in [7, 11) is 1.94. The molecule has 2 rings (SSSR count). The van der Waals surface area contributed by atoms with Gasteiger partial charge < -0.3 is 10.0 Å². The van der Waals surface area contributed by atoms with Gasteiger partial charge in [-0.15, -0.1) is 0 Å². The molecule has 1 aromatic carbocycles. The fourth-order valence-corrected chi connectivity index (χ4v) is 1.91. The minimum absolute atomic E-state index is 0.247. The van der Waals surface area contributed by atoms with E-state index in [0.29, 0.717) is 0 Å². The quantitative estimate of drug-likeness (QED) is 0.913. The zero-order valence-corrected chi connectivity index (χ0v) is 11.0. The van der Waals surface area contributed by atoms with Crippen LogP contribution in [0.25, 0.3) is 0 Å². The van der Waals surface area contributed by atoms with Crippen molar-refractivity contribution < 1.29 is 9.90 Å². The molecule has 0 saturated heterocycles. The van der Waals surface area contributed by atoms with Crippen LogP contribution in [0.5, 0.6) is 0 Å². The first-order chi connectivity index (χ1) is 9.08. The summed E-state index contributed by atoms with van der Waals surface area (Å²) in [5, 5.41) is 8.98. The summed E-state index contributed by atoms with van der Waals surface area (Å²) in [5.74, 6) is -0.173.